The number of hydrogen-bond donors (Lipinski definition) is 1. The van der Waals surface area contributed by atoms with Crippen molar-refractivity contribution < 1.29 is 0 Å². The van der Waals surface area contributed by atoms with Crippen molar-refractivity contribution in [3.63, 3.8) is 0 Å². The molecule has 0 bridgehead atoms. The molecular weight excluding hydrogens is 234 g/mol. The Hall–Kier alpha value is -0.830. The van der Waals surface area contributed by atoms with Gasteiger partial charge in [0.25, 0.3) is 0 Å². The molecule has 0 radical (unpaired) electrons. The summed E-state index contributed by atoms with van der Waals surface area (Å²) in [5, 5.41) is 3.73. The van der Waals surface area contributed by atoms with E-state index >= 15 is 0 Å². The zero-order chi connectivity index (χ0) is 13.9. The zero-order valence-corrected chi connectivity index (χ0v) is 12.9. The van der Waals surface area contributed by atoms with E-state index in [0.717, 1.165) is 12.5 Å². The molecule has 3 nitrogen and oxygen atoms in total. The third kappa shape index (κ3) is 3.59. The first-order valence-electron chi connectivity index (χ1n) is 7.73. The molecule has 0 amide bonds. The maximum atomic E-state index is 4.23. The van der Waals surface area contributed by atoms with E-state index in [9.17, 15) is 0 Å². The van der Waals surface area contributed by atoms with Crippen LogP contribution in [0.3, 0.4) is 0 Å². The Morgan fingerprint density at radius 3 is 2.68 bits per heavy atom. The molecule has 1 aromatic rings. The van der Waals surface area contributed by atoms with Crippen LogP contribution in [-0.4, -0.2) is 22.1 Å². The van der Waals surface area contributed by atoms with Crippen LogP contribution in [0.1, 0.15) is 59.4 Å². The fourth-order valence-corrected chi connectivity index (χ4v) is 3.30. The van der Waals surface area contributed by atoms with Gasteiger partial charge in [0.2, 0.25) is 0 Å². The summed E-state index contributed by atoms with van der Waals surface area (Å²) in [5.41, 5.74) is 0.411. The van der Waals surface area contributed by atoms with Gasteiger partial charge in [-0.15, -0.1) is 0 Å². The largest absolute Gasteiger partial charge is 0.333 e. The first-order valence-corrected chi connectivity index (χ1v) is 7.73. The van der Waals surface area contributed by atoms with Crippen LogP contribution in [0.25, 0.3) is 0 Å². The van der Waals surface area contributed by atoms with Gasteiger partial charge in [0, 0.05) is 18.4 Å². The minimum absolute atomic E-state index is 0.411. The van der Waals surface area contributed by atoms with Crippen molar-refractivity contribution in [1.29, 1.82) is 0 Å². The summed E-state index contributed by atoms with van der Waals surface area (Å²) in [7, 11) is 0. The second-order valence-corrected chi connectivity index (χ2v) is 7.01. The Labute approximate surface area is 117 Å². The Kier molecular flexibility index (Phi) is 4.67. The number of rotatable bonds is 4. The van der Waals surface area contributed by atoms with Gasteiger partial charge >= 0.3 is 0 Å². The molecule has 0 saturated heterocycles. The maximum absolute atomic E-state index is 4.23. The molecule has 1 aliphatic carbocycles. The van der Waals surface area contributed by atoms with Gasteiger partial charge in [-0.2, -0.15) is 0 Å². The molecule has 3 heteroatoms. The van der Waals surface area contributed by atoms with Gasteiger partial charge in [-0.05, 0) is 43.6 Å². The van der Waals surface area contributed by atoms with E-state index in [0.29, 0.717) is 17.5 Å². The average molecular weight is 263 g/mol. The van der Waals surface area contributed by atoms with Gasteiger partial charge in [-0.3, -0.25) is 0 Å². The zero-order valence-electron chi connectivity index (χ0n) is 12.9. The fraction of sp³-hybridized carbons (Fsp3) is 0.812. The molecule has 1 saturated carbocycles. The predicted octanol–water partition coefficient (Wildman–Crippen LogP) is 3.64. The lowest BCUT2D eigenvalue weighted by Crippen LogP contribution is -2.44. The molecule has 3 atom stereocenters. The summed E-state index contributed by atoms with van der Waals surface area (Å²) in [6.07, 6.45) is 11.1. The van der Waals surface area contributed by atoms with Crippen LogP contribution in [0.4, 0.5) is 0 Å². The summed E-state index contributed by atoms with van der Waals surface area (Å²) in [4.78, 5) is 4.23. The average Bonchev–Trinajstić information content (AvgIpc) is 2.88. The highest BCUT2D eigenvalue weighted by Crippen LogP contribution is 2.42. The van der Waals surface area contributed by atoms with Crippen molar-refractivity contribution in [2.24, 2.45) is 11.3 Å². The molecule has 108 valence electrons. The minimum atomic E-state index is 0.411. The van der Waals surface area contributed by atoms with Crippen LogP contribution in [-0.2, 0) is 0 Å². The van der Waals surface area contributed by atoms with Gasteiger partial charge in [-0.25, -0.2) is 4.98 Å². The van der Waals surface area contributed by atoms with E-state index in [1.165, 1.54) is 25.7 Å². The van der Waals surface area contributed by atoms with Gasteiger partial charge < -0.3 is 9.88 Å². The van der Waals surface area contributed by atoms with Crippen LogP contribution in [0.2, 0.25) is 0 Å². The summed E-state index contributed by atoms with van der Waals surface area (Å²) in [5.74, 6) is 0.805. The lowest BCUT2D eigenvalue weighted by atomic mass is 9.69. The molecule has 1 heterocycles. The van der Waals surface area contributed by atoms with Crippen LogP contribution in [0.5, 0.6) is 0 Å². The third-order valence-electron chi connectivity index (χ3n) is 4.61. The topological polar surface area (TPSA) is 29.9 Å². The summed E-state index contributed by atoms with van der Waals surface area (Å²) >= 11 is 0. The molecular formula is C16H29N3. The second-order valence-electron chi connectivity index (χ2n) is 7.01. The SMILES string of the molecule is CCCNC1CCC(C(C)(C)C)CC1n1ccnc1. The number of aromatic nitrogens is 2. The molecule has 19 heavy (non-hydrogen) atoms. The van der Waals surface area contributed by atoms with E-state index in [2.05, 4.69) is 48.8 Å². The standard InChI is InChI=1S/C16H29N3/c1-5-8-18-14-7-6-13(16(2,3)4)11-15(14)19-10-9-17-12-19/h9-10,12-15,18H,5-8,11H2,1-4H3. The highest BCUT2D eigenvalue weighted by Gasteiger charge is 2.36. The van der Waals surface area contributed by atoms with E-state index in [4.69, 9.17) is 0 Å². The molecule has 0 aromatic carbocycles. The van der Waals surface area contributed by atoms with Crippen molar-refractivity contribution in [2.45, 2.75) is 65.5 Å². The number of nitrogens with one attached hydrogen (secondary N) is 1. The smallest absolute Gasteiger partial charge is 0.0949 e. The fourth-order valence-electron chi connectivity index (χ4n) is 3.30. The normalized spacial score (nSPS) is 28.5. The monoisotopic (exact) mass is 263 g/mol. The van der Waals surface area contributed by atoms with Crippen LogP contribution in [0.15, 0.2) is 18.7 Å². The molecule has 2 rings (SSSR count). The van der Waals surface area contributed by atoms with Gasteiger partial charge in [0.1, 0.15) is 0 Å². The Morgan fingerprint density at radius 1 is 1.32 bits per heavy atom. The first kappa shape index (κ1) is 14.6. The minimum Gasteiger partial charge on any atom is -0.333 e. The number of imidazole rings is 1. The molecule has 1 fully saturated rings. The molecule has 0 spiro atoms. The summed E-state index contributed by atoms with van der Waals surface area (Å²) in [6, 6.07) is 1.17. The highest BCUT2D eigenvalue weighted by molar-refractivity contribution is 4.94. The molecule has 1 aromatic heterocycles. The summed E-state index contributed by atoms with van der Waals surface area (Å²) < 4.78 is 2.31. The van der Waals surface area contributed by atoms with E-state index < -0.39 is 0 Å². The molecule has 3 unspecified atom stereocenters. The highest BCUT2D eigenvalue weighted by atomic mass is 15.1. The van der Waals surface area contributed by atoms with Crippen molar-refractivity contribution in [1.82, 2.24) is 14.9 Å². The van der Waals surface area contributed by atoms with Crippen molar-refractivity contribution in [3.05, 3.63) is 18.7 Å². The number of hydrogen-bond acceptors (Lipinski definition) is 2. The van der Waals surface area contributed by atoms with Gasteiger partial charge in [-0.1, -0.05) is 27.7 Å². The quantitative estimate of drug-likeness (QED) is 0.899. The van der Waals surface area contributed by atoms with Crippen molar-refractivity contribution in [3.8, 4) is 0 Å². The van der Waals surface area contributed by atoms with E-state index in [1.807, 2.05) is 12.5 Å². The Bertz CT molecular complexity index is 364. The van der Waals surface area contributed by atoms with Crippen LogP contribution >= 0.6 is 0 Å². The van der Waals surface area contributed by atoms with Crippen molar-refractivity contribution >= 4 is 0 Å². The maximum Gasteiger partial charge on any atom is 0.0949 e. The lowest BCUT2D eigenvalue weighted by molar-refractivity contribution is 0.117. The summed E-state index contributed by atoms with van der Waals surface area (Å²) in [6.45, 7) is 10.5. The third-order valence-corrected chi connectivity index (χ3v) is 4.61. The van der Waals surface area contributed by atoms with Crippen LogP contribution in [0, 0.1) is 11.3 Å². The first-order chi connectivity index (χ1) is 9.02. The van der Waals surface area contributed by atoms with Crippen molar-refractivity contribution in [2.75, 3.05) is 6.54 Å². The van der Waals surface area contributed by atoms with E-state index in [1.54, 1.807) is 0 Å². The lowest BCUT2D eigenvalue weighted by Gasteiger charge is -2.42. The van der Waals surface area contributed by atoms with Crippen LogP contribution < -0.4 is 5.32 Å². The van der Waals surface area contributed by atoms with Gasteiger partial charge in [0.05, 0.1) is 12.4 Å². The Balaban J connectivity index is 2.10. The molecule has 0 aliphatic heterocycles. The van der Waals surface area contributed by atoms with Gasteiger partial charge in [0.15, 0.2) is 0 Å². The number of nitrogens with zero attached hydrogens (tertiary/aromatic N) is 2. The predicted molar refractivity (Wildman–Crippen MR) is 80.1 cm³/mol. The van der Waals surface area contributed by atoms with E-state index in [-0.39, 0.29) is 0 Å². The molecule has 1 aliphatic rings. The molecule has 1 N–H and O–H groups in total. The second kappa shape index (κ2) is 6.08. The Morgan fingerprint density at radius 2 is 2.11 bits per heavy atom.